The zero-order valence-electron chi connectivity index (χ0n) is 15.1. The number of amides is 2. The van der Waals surface area contributed by atoms with E-state index in [1.165, 1.54) is 11.2 Å². The summed E-state index contributed by atoms with van der Waals surface area (Å²) in [5.41, 5.74) is 1.04. The van der Waals surface area contributed by atoms with Gasteiger partial charge in [-0.15, -0.1) is 0 Å². The summed E-state index contributed by atoms with van der Waals surface area (Å²) < 4.78 is 30.5. The number of piperazine rings is 1. The molecule has 0 atom stereocenters. The first kappa shape index (κ1) is 20.2. The molecule has 2 rings (SSSR count). The van der Waals surface area contributed by atoms with Crippen molar-refractivity contribution in [1.29, 1.82) is 0 Å². The summed E-state index contributed by atoms with van der Waals surface area (Å²) in [6, 6.07) is 9.56. The predicted molar refractivity (Wildman–Crippen MR) is 96.9 cm³/mol. The molecule has 1 fully saturated rings. The van der Waals surface area contributed by atoms with Crippen LogP contribution >= 0.6 is 0 Å². The second-order valence-electron chi connectivity index (χ2n) is 6.17. The first-order valence-electron chi connectivity index (χ1n) is 8.45. The van der Waals surface area contributed by atoms with Gasteiger partial charge in [0.15, 0.2) is 0 Å². The van der Waals surface area contributed by atoms with E-state index in [4.69, 9.17) is 4.74 Å². The number of ether oxygens (including phenoxy) is 1. The molecular formula is C17H25N3O5S. The van der Waals surface area contributed by atoms with Crippen molar-refractivity contribution in [2.24, 2.45) is 0 Å². The second kappa shape index (κ2) is 9.00. The smallest absolute Gasteiger partial charge is 0.320 e. The van der Waals surface area contributed by atoms with E-state index in [1.54, 1.807) is 16.8 Å². The quantitative estimate of drug-likeness (QED) is 0.677. The Labute approximate surface area is 154 Å². The van der Waals surface area contributed by atoms with Crippen molar-refractivity contribution < 1.29 is 22.7 Å². The number of carbonyl (C=O) groups excluding carboxylic acids is 2. The van der Waals surface area contributed by atoms with Crippen molar-refractivity contribution in [1.82, 2.24) is 14.1 Å². The summed E-state index contributed by atoms with van der Waals surface area (Å²) in [6.45, 7) is 2.75. The number of hydrogen-bond donors (Lipinski definition) is 0. The molecule has 8 nitrogen and oxygen atoms in total. The van der Waals surface area contributed by atoms with Gasteiger partial charge in [0, 0.05) is 46.7 Å². The highest BCUT2D eigenvalue weighted by Gasteiger charge is 2.29. The molecule has 26 heavy (non-hydrogen) atoms. The van der Waals surface area contributed by atoms with E-state index >= 15 is 0 Å². The van der Waals surface area contributed by atoms with Gasteiger partial charge in [0.2, 0.25) is 10.0 Å². The third kappa shape index (κ3) is 5.70. The van der Waals surface area contributed by atoms with Crippen LogP contribution in [0.25, 0.3) is 0 Å². The van der Waals surface area contributed by atoms with Gasteiger partial charge in [0.1, 0.15) is 6.61 Å². The van der Waals surface area contributed by atoms with Gasteiger partial charge in [-0.1, -0.05) is 30.3 Å². The topological polar surface area (TPSA) is 87.2 Å². The summed E-state index contributed by atoms with van der Waals surface area (Å²) in [5.74, 6) is -0.744. The minimum absolute atomic E-state index is 0.120. The van der Waals surface area contributed by atoms with Crippen LogP contribution in [0.4, 0.5) is 4.79 Å². The third-order valence-corrected chi connectivity index (χ3v) is 5.97. The summed E-state index contributed by atoms with van der Waals surface area (Å²) in [5, 5.41) is 0. The average molecular weight is 383 g/mol. The van der Waals surface area contributed by atoms with E-state index in [9.17, 15) is 18.0 Å². The van der Waals surface area contributed by atoms with Gasteiger partial charge in [0.05, 0.1) is 5.75 Å². The van der Waals surface area contributed by atoms with Crippen molar-refractivity contribution in [2.75, 3.05) is 45.6 Å². The Morgan fingerprint density at radius 3 is 2.31 bits per heavy atom. The molecule has 1 aromatic carbocycles. The highest BCUT2D eigenvalue weighted by atomic mass is 32.2. The molecule has 1 aliphatic rings. The number of sulfonamides is 1. The minimum atomic E-state index is -3.49. The van der Waals surface area contributed by atoms with Gasteiger partial charge >= 0.3 is 12.0 Å². The highest BCUT2D eigenvalue weighted by Crippen LogP contribution is 2.11. The first-order valence-corrected chi connectivity index (χ1v) is 10.1. The van der Waals surface area contributed by atoms with Crippen molar-refractivity contribution >= 4 is 22.0 Å². The fourth-order valence-corrected chi connectivity index (χ4v) is 4.02. The second-order valence-corrected chi connectivity index (χ2v) is 8.25. The number of nitrogens with zero attached hydrogens (tertiary/aromatic N) is 3. The molecule has 0 N–H and O–H groups in total. The summed E-state index contributed by atoms with van der Waals surface area (Å²) in [7, 11) is -1.76. The number of urea groups is 1. The normalized spacial score (nSPS) is 15.5. The van der Waals surface area contributed by atoms with Gasteiger partial charge in [-0.2, -0.15) is 4.31 Å². The lowest BCUT2D eigenvalue weighted by Gasteiger charge is -2.36. The molecule has 1 heterocycles. The number of rotatable bonds is 6. The number of hydrogen-bond acceptors (Lipinski definition) is 5. The van der Waals surface area contributed by atoms with E-state index in [2.05, 4.69) is 0 Å². The van der Waals surface area contributed by atoms with Crippen LogP contribution in [0.2, 0.25) is 0 Å². The molecule has 2 amide bonds. The first-order chi connectivity index (χ1) is 12.3. The van der Waals surface area contributed by atoms with E-state index < -0.39 is 16.0 Å². The zero-order valence-corrected chi connectivity index (χ0v) is 15.9. The minimum Gasteiger partial charge on any atom is -0.465 e. The Balaban J connectivity index is 1.83. The molecule has 0 aromatic heterocycles. The fourth-order valence-electron chi connectivity index (χ4n) is 2.74. The molecule has 9 heteroatoms. The fraction of sp³-hybridized carbons (Fsp3) is 0.529. The monoisotopic (exact) mass is 383 g/mol. The molecule has 0 bridgehead atoms. The summed E-state index contributed by atoms with van der Waals surface area (Å²) >= 11 is 0. The predicted octanol–water partition coefficient (Wildman–Crippen LogP) is 0.749. The maximum absolute atomic E-state index is 12.5. The van der Waals surface area contributed by atoms with E-state index in [0.29, 0.717) is 19.6 Å². The molecule has 1 saturated heterocycles. The Hall–Kier alpha value is -2.13. The lowest BCUT2D eigenvalue weighted by molar-refractivity contribution is -0.140. The Bertz CT molecular complexity index is 715. The van der Waals surface area contributed by atoms with Crippen molar-refractivity contribution in [2.45, 2.75) is 13.5 Å². The maximum Gasteiger partial charge on any atom is 0.320 e. The van der Waals surface area contributed by atoms with Gasteiger partial charge < -0.3 is 14.5 Å². The van der Waals surface area contributed by atoms with Crippen LogP contribution in [0.5, 0.6) is 0 Å². The summed E-state index contributed by atoms with van der Waals surface area (Å²) in [6.07, 6.45) is 0. The maximum atomic E-state index is 12.5. The molecular weight excluding hydrogens is 358 g/mol. The van der Waals surface area contributed by atoms with Crippen LogP contribution in [0, 0.1) is 0 Å². The Morgan fingerprint density at radius 1 is 1.12 bits per heavy atom. The van der Waals surface area contributed by atoms with Crippen LogP contribution in [0.3, 0.4) is 0 Å². The van der Waals surface area contributed by atoms with Gasteiger partial charge in [-0.25, -0.2) is 13.2 Å². The number of benzene rings is 1. The van der Waals surface area contributed by atoms with Crippen molar-refractivity contribution in [3.05, 3.63) is 35.9 Å². The Morgan fingerprint density at radius 2 is 1.73 bits per heavy atom. The summed E-state index contributed by atoms with van der Waals surface area (Å²) in [4.78, 5) is 26.6. The third-order valence-electron chi connectivity index (χ3n) is 4.14. The zero-order chi connectivity index (χ0) is 19.2. The van der Waals surface area contributed by atoms with Crippen LogP contribution in [0.15, 0.2) is 30.3 Å². The SMILES string of the molecule is CC(=O)OCCS(=O)(=O)N1CCN(C(=O)N(C)Cc2ccccc2)CC1. The van der Waals surface area contributed by atoms with E-state index in [1.807, 2.05) is 30.3 Å². The van der Waals surface area contributed by atoms with Crippen LogP contribution < -0.4 is 0 Å². The van der Waals surface area contributed by atoms with Crippen LogP contribution in [0.1, 0.15) is 12.5 Å². The molecule has 0 saturated carbocycles. The van der Waals surface area contributed by atoms with Crippen LogP contribution in [-0.4, -0.2) is 80.1 Å². The van der Waals surface area contributed by atoms with Gasteiger partial charge in [-0.3, -0.25) is 4.79 Å². The standard InChI is InChI=1S/C17H25N3O5S/c1-15(21)25-12-13-26(23,24)20-10-8-19(9-11-20)17(22)18(2)14-16-6-4-3-5-7-16/h3-7H,8-14H2,1-2H3. The molecule has 1 aliphatic heterocycles. The highest BCUT2D eigenvalue weighted by molar-refractivity contribution is 7.89. The lowest BCUT2D eigenvalue weighted by Crippen LogP contribution is -2.53. The molecule has 0 radical (unpaired) electrons. The van der Waals surface area contributed by atoms with Crippen molar-refractivity contribution in [3.8, 4) is 0 Å². The van der Waals surface area contributed by atoms with Crippen molar-refractivity contribution in [3.63, 3.8) is 0 Å². The molecule has 144 valence electrons. The average Bonchev–Trinajstić information content (AvgIpc) is 2.61. The molecule has 0 aliphatic carbocycles. The van der Waals surface area contributed by atoms with Crippen LogP contribution in [-0.2, 0) is 26.1 Å². The van der Waals surface area contributed by atoms with Gasteiger partial charge in [0.25, 0.3) is 0 Å². The molecule has 0 unspecified atom stereocenters. The van der Waals surface area contributed by atoms with E-state index in [0.717, 1.165) is 5.56 Å². The largest absolute Gasteiger partial charge is 0.465 e. The Kier molecular flexibility index (Phi) is 6.98. The number of esters is 1. The lowest BCUT2D eigenvalue weighted by atomic mass is 10.2. The van der Waals surface area contributed by atoms with E-state index in [-0.39, 0.29) is 31.5 Å². The molecule has 0 spiro atoms. The number of carbonyl (C=O) groups is 2. The molecule has 1 aromatic rings. The van der Waals surface area contributed by atoms with Gasteiger partial charge in [-0.05, 0) is 5.56 Å².